The van der Waals surface area contributed by atoms with Crippen LogP contribution >= 0.6 is 0 Å². The van der Waals surface area contributed by atoms with Crippen LogP contribution < -0.4 is 5.32 Å². The van der Waals surface area contributed by atoms with Gasteiger partial charge in [-0.2, -0.15) is 0 Å². The smallest absolute Gasteiger partial charge is 0.115 e. The van der Waals surface area contributed by atoms with E-state index >= 15 is 0 Å². The molecule has 0 spiro atoms. The standard InChI is InChI=1S/C13H19NO2/c1-8(2)14-12-6-3-9-7-10(15)4-5-11(9)13(12)16/h4-5,7-8,12-16H,3,6H2,1-2H3. The lowest BCUT2D eigenvalue weighted by atomic mass is 9.85. The molecule has 3 nitrogen and oxygen atoms in total. The first kappa shape index (κ1) is 11.4. The number of phenolic OH excluding ortho intramolecular Hbond substituents is 1. The molecule has 3 N–H and O–H groups in total. The minimum absolute atomic E-state index is 0.122. The number of phenols is 1. The van der Waals surface area contributed by atoms with Crippen molar-refractivity contribution in [2.24, 2.45) is 0 Å². The van der Waals surface area contributed by atoms with Crippen molar-refractivity contribution in [3.05, 3.63) is 29.3 Å². The first-order chi connectivity index (χ1) is 7.58. The zero-order valence-electron chi connectivity index (χ0n) is 9.77. The van der Waals surface area contributed by atoms with Crippen LogP contribution in [0.25, 0.3) is 0 Å². The van der Waals surface area contributed by atoms with Crippen molar-refractivity contribution in [2.45, 2.75) is 44.9 Å². The first-order valence-electron chi connectivity index (χ1n) is 5.84. The number of nitrogens with one attached hydrogen (secondary N) is 1. The van der Waals surface area contributed by atoms with Crippen LogP contribution in [0.5, 0.6) is 5.75 Å². The van der Waals surface area contributed by atoms with Crippen LogP contribution in [0.15, 0.2) is 18.2 Å². The number of hydrogen-bond donors (Lipinski definition) is 3. The highest BCUT2D eigenvalue weighted by Crippen LogP contribution is 2.32. The molecule has 0 aromatic heterocycles. The van der Waals surface area contributed by atoms with Crippen LogP contribution in [0, 0.1) is 0 Å². The molecule has 1 aromatic rings. The Kier molecular flexibility index (Phi) is 3.17. The first-order valence-corrected chi connectivity index (χ1v) is 5.84. The van der Waals surface area contributed by atoms with Crippen LogP contribution in [0.2, 0.25) is 0 Å². The van der Waals surface area contributed by atoms with Crippen LogP contribution in [0.3, 0.4) is 0 Å². The zero-order valence-corrected chi connectivity index (χ0v) is 9.77. The van der Waals surface area contributed by atoms with E-state index < -0.39 is 6.10 Å². The van der Waals surface area contributed by atoms with E-state index in [0.717, 1.165) is 24.0 Å². The fraction of sp³-hybridized carbons (Fsp3) is 0.538. The van der Waals surface area contributed by atoms with E-state index in [2.05, 4.69) is 19.2 Å². The summed E-state index contributed by atoms with van der Waals surface area (Å²) < 4.78 is 0. The van der Waals surface area contributed by atoms with E-state index in [-0.39, 0.29) is 11.8 Å². The maximum atomic E-state index is 10.2. The lowest BCUT2D eigenvalue weighted by Gasteiger charge is -2.32. The number of rotatable bonds is 2. The van der Waals surface area contributed by atoms with E-state index in [4.69, 9.17) is 0 Å². The second kappa shape index (κ2) is 4.44. The molecule has 2 unspecified atom stereocenters. The molecule has 1 aliphatic carbocycles. The van der Waals surface area contributed by atoms with Gasteiger partial charge in [0.2, 0.25) is 0 Å². The fourth-order valence-corrected chi connectivity index (χ4v) is 2.39. The van der Waals surface area contributed by atoms with E-state index in [1.165, 1.54) is 0 Å². The monoisotopic (exact) mass is 221 g/mol. The summed E-state index contributed by atoms with van der Waals surface area (Å²) in [6, 6.07) is 5.71. The molecule has 1 aromatic carbocycles. The SMILES string of the molecule is CC(C)NC1CCc2cc(O)ccc2C1O. The summed E-state index contributed by atoms with van der Waals surface area (Å²) in [5.74, 6) is 0.279. The third kappa shape index (κ3) is 2.20. The maximum absolute atomic E-state index is 10.2. The van der Waals surface area contributed by atoms with E-state index in [1.807, 2.05) is 6.07 Å². The van der Waals surface area contributed by atoms with E-state index in [1.54, 1.807) is 12.1 Å². The quantitative estimate of drug-likeness (QED) is 0.713. The van der Waals surface area contributed by atoms with Crippen molar-refractivity contribution >= 4 is 0 Å². The van der Waals surface area contributed by atoms with Gasteiger partial charge in [0.15, 0.2) is 0 Å². The molecule has 0 bridgehead atoms. The number of aromatic hydroxyl groups is 1. The predicted octanol–water partition coefficient (Wildman–Crippen LogP) is 1.74. The Balaban J connectivity index is 2.22. The third-order valence-corrected chi connectivity index (χ3v) is 3.10. The molecule has 16 heavy (non-hydrogen) atoms. The second-order valence-corrected chi connectivity index (χ2v) is 4.79. The summed E-state index contributed by atoms with van der Waals surface area (Å²) in [5.41, 5.74) is 2.01. The molecule has 0 aliphatic heterocycles. The molecule has 0 amide bonds. The van der Waals surface area contributed by atoms with Crippen molar-refractivity contribution in [2.75, 3.05) is 0 Å². The minimum atomic E-state index is -0.466. The highest BCUT2D eigenvalue weighted by atomic mass is 16.3. The second-order valence-electron chi connectivity index (χ2n) is 4.79. The molecule has 2 rings (SSSR count). The Morgan fingerprint density at radius 3 is 2.81 bits per heavy atom. The average molecular weight is 221 g/mol. The van der Waals surface area contributed by atoms with Gasteiger partial charge in [-0.1, -0.05) is 19.9 Å². The minimum Gasteiger partial charge on any atom is -0.508 e. The van der Waals surface area contributed by atoms with Gasteiger partial charge in [0.1, 0.15) is 5.75 Å². The van der Waals surface area contributed by atoms with Crippen molar-refractivity contribution in [3.8, 4) is 5.75 Å². The Hall–Kier alpha value is -1.06. The Morgan fingerprint density at radius 1 is 1.38 bits per heavy atom. The van der Waals surface area contributed by atoms with Crippen molar-refractivity contribution in [1.29, 1.82) is 0 Å². The van der Waals surface area contributed by atoms with Gasteiger partial charge in [-0.05, 0) is 36.1 Å². The molecule has 2 atom stereocenters. The molecule has 0 saturated carbocycles. The summed E-state index contributed by atoms with van der Waals surface area (Å²) in [5, 5.41) is 23.0. The van der Waals surface area contributed by atoms with Crippen LogP contribution in [0.1, 0.15) is 37.5 Å². The molecular weight excluding hydrogens is 202 g/mol. The highest BCUT2D eigenvalue weighted by Gasteiger charge is 2.28. The Morgan fingerprint density at radius 2 is 2.12 bits per heavy atom. The summed E-state index contributed by atoms with van der Waals surface area (Å²) in [6.45, 7) is 4.16. The normalized spacial score (nSPS) is 24.5. The Labute approximate surface area is 96.1 Å². The number of aliphatic hydroxyl groups excluding tert-OH is 1. The summed E-state index contributed by atoms with van der Waals surface area (Å²) in [7, 11) is 0. The van der Waals surface area contributed by atoms with Gasteiger partial charge in [-0.3, -0.25) is 0 Å². The summed E-state index contributed by atoms with van der Waals surface area (Å²) in [6.07, 6.45) is 1.35. The van der Waals surface area contributed by atoms with Gasteiger partial charge in [-0.25, -0.2) is 0 Å². The predicted molar refractivity (Wildman–Crippen MR) is 63.4 cm³/mol. The van der Waals surface area contributed by atoms with Crippen molar-refractivity contribution in [1.82, 2.24) is 5.32 Å². The van der Waals surface area contributed by atoms with Crippen LogP contribution in [0.4, 0.5) is 0 Å². The Bertz CT molecular complexity index is 376. The van der Waals surface area contributed by atoms with Crippen molar-refractivity contribution in [3.63, 3.8) is 0 Å². The number of aliphatic hydroxyl groups is 1. The maximum Gasteiger partial charge on any atom is 0.115 e. The van der Waals surface area contributed by atoms with Gasteiger partial charge in [0.05, 0.1) is 6.10 Å². The molecular formula is C13H19NO2. The summed E-state index contributed by atoms with van der Waals surface area (Å²) in [4.78, 5) is 0. The van der Waals surface area contributed by atoms with Gasteiger partial charge < -0.3 is 15.5 Å². The van der Waals surface area contributed by atoms with Crippen LogP contribution in [-0.2, 0) is 6.42 Å². The van der Waals surface area contributed by atoms with Gasteiger partial charge in [-0.15, -0.1) is 0 Å². The molecule has 3 heteroatoms. The van der Waals surface area contributed by atoms with E-state index in [9.17, 15) is 10.2 Å². The van der Waals surface area contributed by atoms with Gasteiger partial charge >= 0.3 is 0 Å². The van der Waals surface area contributed by atoms with Gasteiger partial charge in [0, 0.05) is 12.1 Å². The molecule has 0 heterocycles. The highest BCUT2D eigenvalue weighted by molar-refractivity contribution is 5.38. The third-order valence-electron chi connectivity index (χ3n) is 3.10. The van der Waals surface area contributed by atoms with Gasteiger partial charge in [0.25, 0.3) is 0 Å². The number of hydrogen-bond acceptors (Lipinski definition) is 3. The van der Waals surface area contributed by atoms with E-state index in [0.29, 0.717) is 6.04 Å². The lowest BCUT2D eigenvalue weighted by Crippen LogP contribution is -2.41. The number of fused-ring (bicyclic) bond motifs is 1. The molecule has 0 radical (unpaired) electrons. The lowest BCUT2D eigenvalue weighted by molar-refractivity contribution is 0.110. The topological polar surface area (TPSA) is 52.5 Å². The molecule has 88 valence electrons. The molecule has 1 aliphatic rings. The number of benzene rings is 1. The zero-order chi connectivity index (χ0) is 11.7. The number of aryl methyl sites for hydroxylation is 1. The average Bonchev–Trinajstić information content (AvgIpc) is 2.22. The molecule has 0 saturated heterocycles. The summed E-state index contributed by atoms with van der Waals surface area (Å²) >= 11 is 0. The van der Waals surface area contributed by atoms with Crippen molar-refractivity contribution < 1.29 is 10.2 Å². The van der Waals surface area contributed by atoms with Crippen LogP contribution in [-0.4, -0.2) is 22.3 Å². The largest absolute Gasteiger partial charge is 0.508 e. The fourth-order valence-electron chi connectivity index (χ4n) is 2.39. The molecule has 0 fully saturated rings.